The van der Waals surface area contributed by atoms with Crippen LogP contribution in [0.25, 0.3) is 10.6 Å². The molecule has 0 spiro atoms. The van der Waals surface area contributed by atoms with Gasteiger partial charge in [-0.1, -0.05) is 6.07 Å². The molecule has 0 N–H and O–H groups in total. The van der Waals surface area contributed by atoms with E-state index in [2.05, 4.69) is 11.1 Å². The Morgan fingerprint density at radius 1 is 1.38 bits per heavy atom. The van der Waals surface area contributed by atoms with Crippen LogP contribution in [0.15, 0.2) is 29.8 Å². The zero-order valence-corrected chi connectivity index (χ0v) is 15.2. The number of piperidine rings is 1. The monoisotopic (exact) mass is 345 g/mol. The van der Waals surface area contributed by atoms with Gasteiger partial charge in [-0.2, -0.15) is 0 Å². The van der Waals surface area contributed by atoms with E-state index >= 15 is 0 Å². The SMILES string of the molecule is CC(C)(C)OC(=O)N1CCC[C@@H](c2nccc(-c3cccs3)n2)C1. The molecule has 1 aliphatic rings. The normalized spacial score (nSPS) is 18.5. The van der Waals surface area contributed by atoms with Crippen molar-refractivity contribution in [1.29, 1.82) is 0 Å². The molecule has 0 aromatic carbocycles. The van der Waals surface area contributed by atoms with Crippen molar-refractivity contribution in [3.8, 4) is 10.6 Å². The lowest BCUT2D eigenvalue weighted by atomic mass is 9.97. The van der Waals surface area contributed by atoms with Crippen molar-refractivity contribution in [1.82, 2.24) is 14.9 Å². The van der Waals surface area contributed by atoms with Crippen LogP contribution in [-0.4, -0.2) is 39.7 Å². The summed E-state index contributed by atoms with van der Waals surface area (Å²) in [5.41, 5.74) is 0.476. The summed E-state index contributed by atoms with van der Waals surface area (Å²) in [7, 11) is 0. The van der Waals surface area contributed by atoms with E-state index < -0.39 is 5.60 Å². The van der Waals surface area contributed by atoms with Gasteiger partial charge in [0, 0.05) is 25.2 Å². The smallest absolute Gasteiger partial charge is 0.410 e. The average molecular weight is 345 g/mol. The van der Waals surface area contributed by atoms with E-state index in [0.717, 1.165) is 35.8 Å². The van der Waals surface area contributed by atoms with Crippen molar-refractivity contribution in [2.45, 2.75) is 45.1 Å². The maximum absolute atomic E-state index is 12.3. The third-order valence-electron chi connectivity index (χ3n) is 3.89. The fourth-order valence-corrected chi connectivity index (χ4v) is 3.51. The molecule has 0 aliphatic carbocycles. The second kappa shape index (κ2) is 6.89. The van der Waals surface area contributed by atoms with Crippen molar-refractivity contribution >= 4 is 17.4 Å². The minimum Gasteiger partial charge on any atom is -0.444 e. The Bertz CT molecular complexity index is 695. The maximum Gasteiger partial charge on any atom is 0.410 e. The van der Waals surface area contributed by atoms with E-state index in [1.165, 1.54) is 0 Å². The molecule has 0 radical (unpaired) electrons. The van der Waals surface area contributed by atoms with Gasteiger partial charge in [-0.3, -0.25) is 0 Å². The number of carbonyl (C=O) groups excluding carboxylic acids is 1. The molecule has 24 heavy (non-hydrogen) atoms. The lowest BCUT2D eigenvalue weighted by Gasteiger charge is -2.33. The van der Waals surface area contributed by atoms with Crippen LogP contribution in [-0.2, 0) is 4.74 Å². The molecular formula is C18H23N3O2S. The number of ether oxygens (including phenoxy) is 1. The molecule has 5 nitrogen and oxygen atoms in total. The second-order valence-electron chi connectivity index (χ2n) is 7.04. The molecule has 2 aromatic heterocycles. The summed E-state index contributed by atoms with van der Waals surface area (Å²) in [6.07, 6.45) is 3.50. The van der Waals surface area contributed by atoms with E-state index in [-0.39, 0.29) is 12.0 Å². The first-order chi connectivity index (χ1) is 11.4. The van der Waals surface area contributed by atoms with Crippen LogP contribution in [0.2, 0.25) is 0 Å². The molecule has 3 heterocycles. The number of rotatable bonds is 2. The molecule has 3 rings (SSSR count). The molecule has 2 aromatic rings. The molecule has 1 saturated heterocycles. The predicted octanol–water partition coefficient (Wildman–Crippen LogP) is 4.32. The third kappa shape index (κ3) is 4.12. The van der Waals surface area contributed by atoms with Gasteiger partial charge in [-0.05, 0) is 51.1 Å². The van der Waals surface area contributed by atoms with Gasteiger partial charge < -0.3 is 9.64 Å². The molecular weight excluding hydrogens is 322 g/mol. The Hall–Kier alpha value is -1.95. The van der Waals surface area contributed by atoms with Crippen LogP contribution < -0.4 is 0 Å². The van der Waals surface area contributed by atoms with Gasteiger partial charge in [0.2, 0.25) is 0 Å². The molecule has 1 aliphatic heterocycles. The molecule has 0 unspecified atom stereocenters. The summed E-state index contributed by atoms with van der Waals surface area (Å²) in [6, 6.07) is 6.01. The standard InChI is InChI=1S/C18H23N3O2S/c1-18(2,3)23-17(22)21-10-4-6-13(12-21)16-19-9-8-14(20-16)15-7-5-11-24-15/h5,7-9,11,13H,4,6,10,12H2,1-3H3/t13-/m1/s1. The quantitative estimate of drug-likeness (QED) is 0.813. The van der Waals surface area contributed by atoms with Gasteiger partial charge >= 0.3 is 6.09 Å². The third-order valence-corrected chi connectivity index (χ3v) is 4.78. The van der Waals surface area contributed by atoms with E-state index in [1.807, 2.05) is 44.5 Å². The topological polar surface area (TPSA) is 55.3 Å². The number of thiophene rings is 1. The minimum absolute atomic E-state index is 0.159. The van der Waals surface area contributed by atoms with Crippen molar-refractivity contribution in [2.75, 3.05) is 13.1 Å². The van der Waals surface area contributed by atoms with Crippen LogP contribution >= 0.6 is 11.3 Å². The number of hydrogen-bond donors (Lipinski definition) is 0. The summed E-state index contributed by atoms with van der Waals surface area (Å²) >= 11 is 1.67. The molecule has 1 fully saturated rings. The van der Waals surface area contributed by atoms with Crippen LogP contribution in [0.3, 0.4) is 0 Å². The molecule has 0 bridgehead atoms. The highest BCUT2D eigenvalue weighted by molar-refractivity contribution is 7.13. The van der Waals surface area contributed by atoms with Crippen molar-refractivity contribution in [2.24, 2.45) is 0 Å². The Kier molecular flexibility index (Phi) is 4.85. The number of carbonyl (C=O) groups is 1. The average Bonchev–Trinajstić information content (AvgIpc) is 3.08. The van der Waals surface area contributed by atoms with Crippen molar-refractivity contribution in [3.63, 3.8) is 0 Å². The van der Waals surface area contributed by atoms with E-state index in [1.54, 1.807) is 16.2 Å². The summed E-state index contributed by atoms with van der Waals surface area (Å²) in [4.78, 5) is 24.4. The summed E-state index contributed by atoms with van der Waals surface area (Å²) < 4.78 is 5.49. The number of aromatic nitrogens is 2. The van der Waals surface area contributed by atoms with Gasteiger partial charge in [0.1, 0.15) is 11.4 Å². The Morgan fingerprint density at radius 2 is 2.21 bits per heavy atom. The summed E-state index contributed by atoms with van der Waals surface area (Å²) in [6.45, 7) is 7.01. The van der Waals surface area contributed by atoms with Gasteiger partial charge in [-0.15, -0.1) is 11.3 Å². The first-order valence-corrected chi connectivity index (χ1v) is 9.15. The molecule has 128 valence electrons. The predicted molar refractivity (Wildman–Crippen MR) is 95.1 cm³/mol. The van der Waals surface area contributed by atoms with E-state index in [0.29, 0.717) is 6.54 Å². The van der Waals surface area contributed by atoms with Crippen LogP contribution in [0.1, 0.15) is 45.4 Å². The van der Waals surface area contributed by atoms with Gasteiger partial charge in [0.25, 0.3) is 0 Å². The molecule has 0 saturated carbocycles. The fourth-order valence-electron chi connectivity index (χ4n) is 2.81. The molecule has 1 atom stereocenters. The second-order valence-corrected chi connectivity index (χ2v) is 7.99. The highest BCUT2D eigenvalue weighted by atomic mass is 32.1. The number of amides is 1. The lowest BCUT2D eigenvalue weighted by molar-refractivity contribution is 0.0196. The zero-order chi connectivity index (χ0) is 17.2. The van der Waals surface area contributed by atoms with Crippen molar-refractivity contribution < 1.29 is 9.53 Å². The number of hydrogen-bond acceptors (Lipinski definition) is 5. The van der Waals surface area contributed by atoms with Gasteiger partial charge in [-0.25, -0.2) is 14.8 Å². The summed E-state index contributed by atoms with van der Waals surface area (Å²) in [5.74, 6) is 0.973. The Balaban J connectivity index is 1.73. The van der Waals surface area contributed by atoms with E-state index in [4.69, 9.17) is 9.72 Å². The largest absolute Gasteiger partial charge is 0.444 e. The summed E-state index contributed by atoms with van der Waals surface area (Å²) in [5, 5.41) is 2.04. The fraction of sp³-hybridized carbons (Fsp3) is 0.500. The van der Waals surface area contributed by atoms with Gasteiger partial charge in [0.15, 0.2) is 0 Å². The Morgan fingerprint density at radius 3 is 2.92 bits per heavy atom. The lowest BCUT2D eigenvalue weighted by Crippen LogP contribution is -2.42. The zero-order valence-electron chi connectivity index (χ0n) is 14.4. The maximum atomic E-state index is 12.3. The minimum atomic E-state index is -0.473. The van der Waals surface area contributed by atoms with E-state index in [9.17, 15) is 4.79 Å². The highest BCUT2D eigenvalue weighted by Crippen LogP contribution is 2.28. The molecule has 6 heteroatoms. The highest BCUT2D eigenvalue weighted by Gasteiger charge is 2.29. The van der Waals surface area contributed by atoms with Crippen LogP contribution in [0.4, 0.5) is 4.79 Å². The molecule has 1 amide bonds. The Labute approximate surface area is 146 Å². The number of nitrogens with zero attached hydrogens (tertiary/aromatic N) is 3. The van der Waals surface area contributed by atoms with Crippen LogP contribution in [0, 0.1) is 0 Å². The first-order valence-electron chi connectivity index (χ1n) is 8.27. The number of likely N-dealkylation sites (tertiary alicyclic amines) is 1. The van der Waals surface area contributed by atoms with Crippen LogP contribution in [0.5, 0.6) is 0 Å². The van der Waals surface area contributed by atoms with Crippen molar-refractivity contribution in [3.05, 3.63) is 35.6 Å². The first kappa shape index (κ1) is 16.9. The van der Waals surface area contributed by atoms with Gasteiger partial charge in [0.05, 0.1) is 10.6 Å².